The zero-order chi connectivity index (χ0) is 21.3. The van der Waals surface area contributed by atoms with E-state index in [0.717, 1.165) is 16.2 Å². The van der Waals surface area contributed by atoms with Gasteiger partial charge < -0.3 is 10.2 Å². The van der Waals surface area contributed by atoms with Crippen molar-refractivity contribution >= 4 is 44.4 Å². The van der Waals surface area contributed by atoms with Crippen LogP contribution in [0, 0.1) is 0 Å². The van der Waals surface area contributed by atoms with E-state index in [0.29, 0.717) is 0 Å². The minimum Gasteiger partial charge on any atom is -0.478 e. The quantitative estimate of drug-likeness (QED) is 0.337. The number of hydrogen-bond acceptors (Lipinski definition) is 6. The molecule has 0 bridgehead atoms. The SMILES string of the molecule is O=C(O)C(=O)CC(=O)c1cn(S(=O)(=O)c2ccccc2)c2ccc(C(=O)O)cc12. The molecule has 0 saturated heterocycles. The Balaban J connectivity index is 2.25. The van der Waals surface area contributed by atoms with Crippen LogP contribution in [-0.2, 0) is 19.6 Å². The van der Waals surface area contributed by atoms with Gasteiger partial charge in [-0.25, -0.2) is 22.0 Å². The van der Waals surface area contributed by atoms with Gasteiger partial charge in [-0.1, -0.05) is 18.2 Å². The zero-order valence-electron chi connectivity index (χ0n) is 14.6. The number of aliphatic carboxylic acids is 1. The van der Waals surface area contributed by atoms with E-state index in [-0.39, 0.29) is 26.9 Å². The third-order valence-corrected chi connectivity index (χ3v) is 5.87. The van der Waals surface area contributed by atoms with Gasteiger partial charge in [0.2, 0.25) is 5.78 Å². The summed E-state index contributed by atoms with van der Waals surface area (Å²) in [6, 6.07) is 10.9. The average Bonchev–Trinajstić information content (AvgIpc) is 3.08. The normalized spacial score (nSPS) is 11.3. The Kier molecular flexibility index (Phi) is 5.04. The van der Waals surface area contributed by atoms with E-state index in [1.165, 1.54) is 36.4 Å². The maximum absolute atomic E-state index is 13.0. The Labute approximate surface area is 163 Å². The molecule has 0 amide bonds. The van der Waals surface area contributed by atoms with Gasteiger partial charge in [-0.2, -0.15) is 0 Å². The first-order chi connectivity index (χ1) is 13.6. The minimum atomic E-state index is -4.14. The molecule has 0 unspecified atom stereocenters. The van der Waals surface area contributed by atoms with Gasteiger partial charge in [-0.05, 0) is 30.3 Å². The van der Waals surface area contributed by atoms with Crippen LogP contribution in [0.25, 0.3) is 10.9 Å². The van der Waals surface area contributed by atoms with Crippen molar-refractivity contribution in [2.24, 2.45) is 0 Å². The van der Waals surface area contributed by atoms with Gasteiger partial charge in [0.1, 0.15) is 0 Å². The number of carboxylic acid groups (broad SMARTS) is 2. The predicted octanol–water partition coefficient (Wildman–Crippen LogP) is 1.80. The van der Waals surface area contributed by atoms with Crippen molar-refractivity contribution in [3.63, 3.8) is 0 Å². The summed E-state index contributed by atoms with van der Waals surface area (Å²) in [5.74, 6) is -5.40. The first-order valence-corrected chi connectivity index (χ1v) is 9.55. The summed E-state index contributed by atoms with van der Waals surface area (Å²) in [6.45, 7) is 0. The molecule has 0 radical (unpaired) electrons. The molecule has 0 aliphatic carbocycles. The number of carboxylic acids is 2. The Morgan fingerprint density at radius 1 is 0.931 bits per heavy atom. The first-order valence-electron chi connectivity index (χ1n) is 8.11. The van der Waals surface area contributed by atoms with Crippen molar-refractivity contribution < 1.29 is 37.8 Å². The van der Waals surface area contributed by atoms with Gasteiger partial charge in [0.15, 0.2) is 5.78 Å². The number of ketones is 2. The molecule has 0 saturated carbocycles. The highest BCUT2D eigenvalue weighted by Gasteiger charge is 2.26. The fraction of sp³-hybridized carbons (Fsp3) is 0.0526. The van der Waals surface area contributed by atoms with Gasteiger partial charge >= 0.3 is 11.9 Å². The van der Waals surface area contributed by atoms with E-state index < -0.39 is 39.9 Å². The van der Waals surface area contributed by atoms with Crippen molar-refractivity contribution in [1.29, 1.82) is 0 Å². The van der Waals surface area contributed by atoms with Crippen molar-refractivity contribution in [2.75, 3.05) is 0 Å². The van der Waals surface area contributed by atoms with E-state index in [4.69, 9.17) is 5.11 Å². The molecule has 9 nitrogen and oxygen atoms in total. The number of Topliss-reactive ketones (excluding diaryl/α,β-unsaturated/α-hetero) is 2. The molecule has 0 spiro atoms. The zero-order valence-corrected chi connectivity index (χ0v) is 15.4. The van der Waals surface area contributed by atoms with Gasteiger partial charge in [0.05, 0.1) is 22.4 Å². The summed E-state index contributed by atoms with van der Waals surface area (Å²) in [6.07, 6.45) is -0.0206. The third kappa shape index (κ3) is 3.65. The smallest absolute Gasteiger partial charge is 0.372 e. The summed E-state index contributed by atoms with van der Waals surface area (Å²) >= 11 is 0. The number of benzene rings is 2. The average molecular weight is 415 g/mol. The lowest BCUT2D eigenvalue weighted by Crippen LogP contribution is -2.17. The topological polar surface area (TPSA) is 148 Å². The summed E-state index contributed by atoms with van der Waals surface area (Å²) in [4.78, 5) is 45.9. The lowest BCUT2D eigenvalue weighted by molar-refractivity contribution is -0.148. The molecule has 148 valence electrons. The molecule has 3 aromatic rings. The molecule has 3 rings (SSSR count). The lowest BCUT2D eigenvalue weighted by atomic mass is 10.0. The molecule has 0 aliphatic heterocycles. The number of nitrogens with zero attached hydrogens (tertiary/aromatic N) is 1. The number of aromatic carboxylic acids is 1. The molecule has 2 aromatic carbocycles. The Morgan fingerprint density at radius 3 is 2.17 bits per heavy atom. The van der Waals surface area contributed by atoms with E-state index in [9.17, 15) is 32.7 Å². The third-order valence-electron chi connectivity index (χ3n) is 4.18. The van der Waals surface area contributed by atoms with Crippen LogP contribution in [0.5, 0.6) is 0 Å². The molecule has 1 aromatic heterocycles. The Hall–Kier alpha value is -3.79. The molecular weight excluding hydrogens is 402 g/mol. The highest BCUT2D eigenvalue weighted by Crippen LogP contribution is 2.28. The van der Waals surface area contributed by atoms with Crippen molar-refractivity contribution in [3.05, 3.63) is 65.9 Å². The Morgan fingerprint density at radius 2 is 1.59 bits per heavy atom. The summed E-state index contributed by atoms with van der Waals surface area (Å²) < 4.78 is 26.8. The maximum atomic E-state index is 13.0. The van der Waals surface area contributed by atoms with E-state index in [1.807, 2.05) is 0 Å². The van der Waals surface area contributed by atoms with Crippen LogP contribution in [0.2, 0.25) is 0 Å². The largest absolute Gasteiger partial charge is 0.478 e. The standard InChI is InChI=1S/C19H13NO8S/c21-16(9-17(22)19(25)26)14-10-20(29(27,28)12-4-2-1-3-5-12)15-7-6-11(18(23)24)8-13(14)15/h1-8,10H,9H2,(H,23,24)(H,25,26). The van der Waals surface area contributed by atoms with E-state index >= 15 is 0 Å². The second kappa shape index (κ2) is 7.32. The summed E-state index contributed by atoms with van der Waals surface area (Å²) in [5, 5.41) is 17.9. The number of carbonyl (C=O) groups excluding carboxylic acids is 2. The highest BCUT2D eigenvalue weighted by molar-refractivity contribution is 7.90. The molecular formula is C19H13NO8S. The van der Waals surface area contributed by atoms with Crippen LogP contribution in [0.1, 0.15) is 27.1 Å². The highest BCUT2D eigenvalue weighted by atomic mass is 32.2. The van der Waals surface area contributed by atoms with Gasteiger partial charge in [-0.3, -0.25) is 9.59 Å². The van der Waals surface area contributed by atoms with E-state index in [2.05, 4.69) is 0 Å². The number of hydrogen-bond donors (Lipinski definition) is 2. The van der Waals surface area contributed by atoms with Crippen LogP contribution in [0.15, 0.2) is 59.6 Å². The molecule has 1 heterocycles. The molecule has 0 aliphatic rings. The van der Waals surface area contributed by atoms with Gasteiger partial charge in [0.25, 0.3) is 10.0 Å². The summed E-state index contributed by atoms with van der Waals surface area (Å²) in [7, 11) is -4.14. The first kappa shape index (κ1) is 20.0. The fourth-order valence-corrected chi connectivity index (χ4v) is 4.17. The van der Waals surface area contributed by atoms with Crippen molar-refractivity contribution in [3.8, 4) is 0 Å². The minimum absolute atomic E-state index is 0.0185. The molecule has 0 fully saturated rings. The number of carbonyl (C=O) groups is 4. The number of aromatic nitrogens is 1. The van der Waals surface area contributed by atoms with Crippen LogP contribution in [0.4, 0.5) is 0 Å². The number of fused-ring (bicyclic) bond motifs is 1. The van der Waals surface area contributed by atoms with Crippen LogP contribution < -0.4 is 0 Å². The van der Waals surface area contributed by atoms with Gasteiger partial charge in [-0.15, -0.1) is 0 Å². The van der Waals surface area contributed by atoms with Crippen molar-refractivity contribution in [2.45, 2.75) is 11.3 Å². The molecule has 0 atom stereocenters. The predicted molar refractivity (Wildman–Crippen MR) is 99.5 cm³/mol. The lowest BCUT2D eigenvalue weighted by Gasteiger charge is -2.07. The van der Waals surface area contributed by atoms with Crippen molar-refractivity contribution in [1.82, 2.24) is 3.97 Å². The van der Waals surface area contributed by atoms with E-state index in [1.54, 1.807) is 6.07 Å². The van der Waals surface area contributed by atoms with Crippen LogP contribution in [-0.4, -0.2) is 46.1 Å². The second-order valence-corrected chi connectivity index (χ2v) is 7.84. The maximum Gasteiger partial charge on any atom is 0.372 e. The van der Waals surface area contributed by atoms with Crippen LogP contribution in [0.3, 0.4) is 0 Å². The van der Waals surface area contributed by atoms with Crippen LogP contribution >= 0.6 is 0 Å². The van der Waals surface area contributed by atoms with Gasteiger partial charge in [0, 0.05) is 17.1 Å². The molecule has 2 N–H and O–H groups in total. The second-order valence-electron chi connectivity index (χ2n) is 6.02. The summed E-state index contributed by atoms with van der Waals surface area (Å²) in [5.41, 5.74) is -0.451. The monoisotopic (exact) mass is 415 g/mol. The Bertz CT molecular complexity index is 1270. The molecule has 10 heteroatoms. The molecule has 29 heavy (non-hydrogen) atoms. The fourth-order valence-electron chi connectivity index (χ4n) is 2.78. The number of rotatable bonds is 7.